The summed E-state index contributed by atoms with van der Waals surface area (Å²) in [7, 11) is 0. The molecular formula is C36H27FIrN2-2. The third kappa shape index (κ3) is 7.66. The van der Waals surface area contributed by atoms with Crippen molar-refractivity contribution in [3.05, 3.63) is 168 Å². The monoisotopic (exact) mass is 704 g/mol. The summed E-state index contributed by atoms with van der Waals surface area (Å²) in [5.74, 6) is -0.451. The van der Waals surface area contributed by atoms with Crippen molar-refractivity contribution >= 4 is 0 Å². The summed E-state index contributed by atoms with van der Waals surface area (Å²) >= 11 is 0. The van der Waals surface area contributed by atoms with E-state index in [-0.39, 0.29) is 31.2 Å². The fourth-order valence-corrected chi connectivity index (χ4v) is 3.89. The average Bonchev–Trinajstić information content (AvgIpc) is 3.06. The quantitative estimate of drug-likeness (QED) is 0.168. The second-order valence-electron chi connectivity index (χ2n) is 8.60. The molecule has 6 rings (SSSR count). The van der Waals surface area contributed by atoms with Crippen LogP contribution in [0.5, 0.6) is 0 Å². The number of halogens is 1. The van der Waals surface area contributed by atoms with Crippen LogP contribution in [0, 0.1) is 24.8 Å². The molecular weight excluding hydrogens is 672 g/mol. The maximum absolute atomic E-state index is 13.1. The molecule has 2 heterocycles. The minimum Gasteiger partial charge on any atom is -0.305 e. The molecule has 0 unspecified atom stereocenters. The Hall–Kier alpha value is -4.24. The molecule has 0 saturated heterocycles. The van der Waals surface area contributed by atoms with Crippen molar-refractivity contribution in [2.75, 3.05) is 0 Å². The van der Waals surface area contributed by atoms with Crippen LogP contribution in [-0.2, 0) is 26.5 Å². The minimum absolute atomic E-state index is 0. The number of aryl methyl sites for hydroxylation is 1. The number of nitrogens with zero attached hydrogens (tertiary/aromatic N) is 2. The molecule has 199 valence electrons. The summed E-state index contributed by atoms with van der Waals surface area (Å²) in [6.45, 7) is -2.52. The number of pyridine rings is 2. The molecule has 4 aromatic carbocycles. The van der Waals surface area contributed by atoms with E-state index in [1.807, 2.05) is 54.7 Å². The van der Waals surface area contributed by atoms with Gasteiger partial charge in [0.1, 0.15) is 0 Å². The Morgan fingerprint density at radius 3 is 2.17 bits per heavy atom. The summed E-state index contributed by atoms with van der Waals surface area (Å²) in [6.07, 6.45) is 0.969. The van der Waals surface area contributed by atoms with Gasteiger partial charge in [0, 0.05) is 45.2 Å². The Morgan fingerprint density at radius 1 is 0.750 bits per heavy atom. The van der Waals surface area contributed by atoms with Crippen molar-refractivity contribution in [1.29, 1.82) is 0 Å². The molecule has 6 aromatic rings. The normalized spacial score (nSPS) is 12.7. The predicted molar refractivity (Wildman–Crippen MR) is 156 cm³/mol. The summed E-state index contributed by atoms with van der Waals surface area (Å²) < 4.78 is 53.4. The summed E-state index contributed by atoms with van der Waals surface area (Å²) in [5, 5.41) is 0. The maximum atomic E-state index is 13.1. The summed E-state index contributed by atoms with van der Waals surface area (Å²) in [5.41, 5.74) is 5.33. The van der Waals surface area contributed by atoms with Crippen LogP contribution in [0.4, 0.5) is 4.39 Å². The third-order valence-corrected chi connectivity index (χ3v) is 5.86. The van der Waals surface area contributed by atoms with Gasteiger partial charge in [0.2, 0.25) is 0 Å². The predicted octanol–water partition coefficient (Wildman–Crippen LogP) is 8.80. The second kappa shape index (κ2) is 14.2. The van der Waals surface area contributed by atoms with Crippen molar-refractivity contribution in [3.63, 3.8) is 0 Å². The second-order valence-corrected chi connectivity index (χ2v) is 8.60. The van der Waals surface area contributed by atoms with E-state index in [0.717, 1.165) is 23.5 Å². The van der Waals surface area contributed by atoms with Crippen molar-refractivity contribution in [2.45, 2.75) is 13.2 Å². The van der Waals surface area contributed by atoms with Crippen LogP contribution in [0.25, 0.3) is 33.6 Å². The zero-order valence-electron chi connectivity index (χ0n) is 26.3. The van der Waals surface area contributed by atoms with Gasteiger partial charge in [-0.25, -0.2) is 0 Å². The van der Waals surface area contributed by atoms with Crippen molar-refractivity contribution in [2.24, 2.45) is 0 Å². The van der Waals surface area contributed by atoms with Crippen LogP contribution in [-0.4, -0.2) is 9.97 Å². The Morgan fingerprint density at radius 2 is 1.48 bits per heavy atom. The van der Waals surface area contributed by atoms with Crippen LogP contribution in [0.1, 0.15) is 23.5 Å². The van der Waals surface area contributed by atoms with Crippen LogP contribution in [0.2, 0.25) is 0 Å². The van der Waals surface area contributed by atoms with E-state index in [0.29, 0.717) is 16.8 Å². The molecule has 1 radical (unpaired) electrons. The maximum Gasteiger partial charge on any atom is 0.0379 e. The van der Waals surface area contributed by atoms with Crippen molar-refractivity contribution in [1.82, 2.24) is 9.97 Å². The van der Waals surface area contributed by atoms with Crippen molar-refractivity contribution in [3.8, 4) is 33.6 Å². The number of rotatable bonds is 5. The van der Waals surface area contributed by atoms with E-state index in [4.69, 9.17) is 6.85 Å². The zero-order chi connectivity index (χ0) is 31.2. The molecule has 0 amide bonds. The number of hydrogen-bond acceptors (Lipinski definition) is 2. The van der Waals surface area contributed by atoms with Gasteiger partial charge in [-0.05, 0) is 58.5 Å². The number of hydrogen-bond donors (Lipinski definition) is 0. The van der Waals surface area contributed by atoms with E-state index < -0.39 is 19.0 Å². The van der Waals surface area contributed by atoms with Gasteiger partial charge in [0.15, 0.2) is 0 Å². The number of aromatic nitrogens is 2. The Bertz CT molecular complexity index is 1760. The molecule has 4 heteroatoms. The van der Waals surface area contributed by atoms with Gasteiger partial charge >= 0.3 is 0 Å². The molecule has 0 aliphatic rings. The third-order valence-electron chi connectivity index (χ3n) is 5.86. The van der Waals surface area contributed by atoms with Crippen LogP contribution in [0.15, 0.2) is 134 Å². The van der Waals surface area contributed by atoms with Crippen LogP contribution < -0.4 is 0 Å². The van der Waals surface area contributed by atoms with Gasteiger partial charge in [0.25, 0.3) is 0 Å². The molecule has 2 nitrogen and oxygen atoms in total. The smallest absolute Gasteiger partial charge is 0.0379 e. The topological polar surface area (TPSA) is 25.8 Å². The van der Waals surface area contributed by atoms with Crippen LogP contribution in [0.3, 0.4) is 0 Å². The van der Waals surface area contributed by atoms with E-state index in [1.165, 1.54) is 29.3 Å². The van der Waals surface area contributed by atoms with Gasteiger partial charge in [0.05, 0.1) is 0 Å². The van der Waals surface area contributed by atoms with E-state index >= 15 is 0 Å². The van der Waals surface area contributed by atoms with E-state index in [9.17, 15) is 4.39 Å². The van der Waals surface area contributed by atoms with Crippen molar-refractivity contribution < 1.29 is 31.3 Å². The molecule has 0 N–H and O–H groups in total. The molecule has 0 fully saturated rings. The molecule has 2 aromatic heterocycles. The molecule has 0 bridgehead atoms. The van der Waals surface area contributed by atoms with Crippen LogP contribution >= 0.6 is 0 Å². The first-order valence-electron chi connectivity index (χ1n) is 14.9. The van der Waals surface area contributed by atoms with Gasteiger partial charge < -0.3 is 9.97 Å². The SMILES string of the molecule is [2H]C([2H])([2H])c1cnc(-c2[c-]cc(F)cc2)cc1C([2H])([2H])c1ccccc1.[Ir].[c-]1ccccc1-c1cc(-c2ccccc2)ccn1. The summed E-state index contributed by atoms with van der Waals surface area (Å²) in [4.78, 5) is 8.54. The molecule has 0 atom stereocenters. The van der Waals surface area contributed by atoms with E-state index in [1.54, 1.807) is 30.3 Å². The number of benzene rings is 4. The molecule has 0 saturated carbocycles. The van der Waals surface area contributed by atoms with Gasteiger partial charge in [-0.1, -0.05) is 72.8 Å². The Balaban J connectivity index is 0.000000213. The average molecular weight is 704 g/mol. The summed E-state index contributed by atoms with van der Waals surface area (Å²) in [6, 6.07) is 41.9. The first-order chi connectivity index (χ1) is 21.1. The Kier molecular flexibility index (Phi) is 8.03. The van der Waals surface area contributed by atoms with Gasteiger partial charge in [-0.3, -0.25) is 4.39 Å². The molecule has 0 aliphatic carbocycles. The standard InChI is InChI=1S/C19H15FN.C17H12N.Ir/c1-14-13-21-19(16-7-9-18(20)10-8-16)12-17(14)11-15-5-3-2-4-6-15;1-3-7-14(8-4-1)16-11-12-18-17(13-16)15-9-5-2-6-10-15;/h2-7,9-10,12-13H,11H2,1H3;1-9,11-13H;/q2*-1;/i1D3,11D2;;. The first-order valence-corrected chi connectivity index (χ1v) is 12.4. The largest absolute Gasteiger partial charge is 0.305 e. The van der Waals surface area contributed by atoms with E-state index in [2.05, 4.69) is 40.3 Å². The molecule has 40 heavy (non-hydrogen) atoms. The molecule has 0 aliphatic heterocycles. The Labute approximate surface area is 256 Å². The van der Waals surface area contributed by atoms with Gasteiger partial charge in [-0.15, -0.1) is 65.7 Å². The fraction of sp³-hybridized carbons (Fsp3) is 0.0556. The zero-order valence-corrected chi connectivity index (χ0v) is 23.7. The van der Waals surface area contributed by atoms with Gasteiger partial charge in [-0.2, -0.15) is 0 Å². The first kappa shape index (κ1) is 22.6. The fourth-order valence-electron chi connectivity index (χ4n) is 3.89. The minimum atomic E-state index is -2.52. The molecule has 0 spiro atoms.